The van der Waals surface area contributed by atoms with Crippen LogP contribution < -0.4 is 0 Å². The Hall–Kier alpha value is -0.680. The molecule has 0 fully saturated rings. The van der Waals surface area contributed by atoms with Crippen molar-refractivity contribution in [2.75, 3.05) is 7.11 Å². The number of aryl methyl sites for hydroxylation is 1. The van der Waals surface area contributed by atoms with Crippen LogP contribution >= 0.6 is 27.5 Å². The molecule has 70 valence electrons. The molecule has 0 aliphatic rings. The third-order valence-corrected chi connectivity index (χ3v) is 2.80. The monoisotopic (exact) mass is 264 g/mol. The minimum atomic E-state index is -0.600. The van der Waals surface area contributed by atoms with Gasteiger partial charge in [0.25, 0.3) is 0 Å². The molecular weight excluding hydrogens is 259 g/mol. The Morgan fingerprint density at radius 2 is 2.15 bits per heavy atom. The maximum absolute atomic E-state index is 11.0. The van der Waals surface area contributed by atoms with Crippen LogP contribution in [-0.4, -0.2) is 23.0 Å². The summed E-state index contributed by atoms with van der Waals surface area (Å²) >= 11 is 8.89. The van der Waals surface area contributed by atoms with E-state index in [-0.39, 0.29) is 11.0 Å². The number of carbonyl (C=O) groups excluding carboxylic acids is 1. The average molecular weight is 265 g/mol. The Bertz CT molecular complexity index is 333. The summed E-state index contributed by atoms with van der Waals surface area (Å²) in [4.78, 5) is 18.6. The first-order valence-electron chi connectivity index (χ1n) is 3.34. The molecule has 1 aromatic rings. The van der Waals surface area contributed by atoms with E-state index in [1.54, 1.807) is 6.92 Å². The molecule has 1 rings (SSSR count). The molecule has 0 N–H and O–H groups in total. The SMILES string of the molecule is COC(=O)c1nc(C)c(Br)c(Cl)n1. The van der Waals surface area contributed by atoms with Crippen LogP contribution in [0.1, 0.15) is 16.3 Å². The van der Waals surface area contributed by atoms with E-state index in [0.717, 1.165) is 0 Å². The van der Waals surface area contributed by atoms with Crippen LogP contribution in [0.4, 0.5) is 0 Å². The van der Waals surface area contributed by atoms with Gasteiger partial charge in [0, 0.05) is 0 Å². The van der Waals surface area contributed by atoms with Crippen molar-refractivity contribution >= 4 is 33.5 Å². The number of aromatic nitrogens is 2. The number of methoxy groups -OCH3 is 1. The Labute approximate surface area is 88.4 Å². The topological polar surface area (TPSA) is 52.1 Å². The zero-order valence-electron chi connectivity index (χ0n) is 6.97. The van der Waals surface area contributed by atoms with E-state index in [1.807, 2.05) is 0 Å². The van der Waals surface area contributed by atoms with E-state index in [9.17, 15) is 4.79 Å². The molecule has 13 heavy (non-hydrogen) atoms. The molecule has 0 aromatic carbocycles. The summed E-state index contributed by atoms with van der Waals surface area (Å²) < 4.78 is 5.03. The van der Waals surface area contributed by atoms with E-state index in [4.69, 9.17) is 11.6 Å². The van der Waals surface area contributed by atoms with Gasteiger partial charge in [0.2, 0.25) is 5.82 Å². The lowest BCUT2D eigenvalue weighted by Crippen LogP contribution is -2.08. The molecule has 0 amide bonds. The minimum Gasteiger partial charge on any atom is -0.463 e. The smallest absolute Gasteiger partial charge is 0.376 e. The number of hydrogen-bond donors (Lipinski definition) is 0. The Balaban J connectivity index is 3.20. The van der Waals surface area contributed by atoms with Gasteiger partial charge in [0.1, 0.15) is 5.15 Å². The zero-order chi connectivity index (χ0) is 10.0. The van der Waals surface area contributed by atoms with Gasteiger partial charge in [0.05, 0.1) is 17.3 Å². The van der Waals surface area contributed by atoms with Crippen molar-refractivity contribution in [3.8, 4) is 0 Å². The molecule has 0 unspecified atom stereocenters. The molecule has 0 spiro atoms. The summed E-state index contributed by atoms with van der Waals surface area (Å²) in [5.41, 5.74) is 0.598. The highest BCUT2D eigenvalue weighted by atomic mass is 79.9. The van der Waals surface area contributed by atoms with Crippen LogP contribution in [0, 0.1) is 6.92 Å². The number of hydrogen-bond acceptors (Lipinski definition) is 4. The maximum atomic E-state index is 11.0. The molecule has 4 nitrogen and oxygen atoms in total. The molecule has 0 aliphatic heterocycles. The van der Waals surface area contributed by atoms with Crippen LogP contribution in [0.2, 0.25) is 5.15 Å². The fourth-order valence-electron chi connectivity index (χ4n) is 0.707. The maximum Gasteiger partial charge on any atom is 0.376 e. The first kappa shape index (κ1) is 10.4. The summed E-state index contributed by atoms with van der Waals surface area (Å²) in [6, 6.07) is 0. The van der Waals surface area contributed by atoms with Crippen molar-refractivity contribution in [2.45, 2.75) is 6.92 Å². The van der Waals surface area contributed by atoms with Gasteiger partial charge >= 0.3 is 5.97 Å². The number of carbonyl (C=O) groups is 1. The predicted molar refractivity (Wildman–Crippen MR) is 50.8 cm³/mol. The van der Waals surface area contributed by atoms with Crippen molar-refractivity contribution in [1.82, 2.24) is 9.97 Å². The largest absolute Gasteiger partial charge is 0.463 e. The standard InChI is InChI=1S/C7H6BrClN2O2/c1-3-4(8)5(9)11-6(10-3)7(12)13-2/h1-2H3. The molecule has 0 bridgehead atoms. The second-order valence-electron chi connectivity index (χ2n) is 2.23. The van der Waals surface area contributed by atoms with Crippen molar-refractivity contribution < 1.29 is 9.53 Å². The lowest BCUT2D eigenvalue weighted by molar-refractivity contribution is 0.0586. The van der Waals surface area contributed by atoms with Crippen molar-refractivity contribution in [3.05, 3.63) is 21.1 Å². The zero-order valence-corrected chi connectivity index (χ0v) is 9.31. The molecule has 1 heterocycles. The highest BCUT2D eigenvalue weighted by Gasteiger charge is 2.13. The quantitative estimate of drug-likeness (QED) is 0.575. The highest BCUT2D eigenvalue weighted by Crippen LogP contribution is 2.22. The van der Waals surface area contributed by atoms with Gasteiger partial charge in [-0.2, -0.15) is 0 Å². The summed E-state index contributed by atoms with van der Waals surface area (Å²) in [6.07, 6.45) is 0. The van der Waals surface area contributed by atoms with Gasteiger partial charge in [-0.15, -0.1) is 0 Å². The number of rotatable bonds is 1. The van der Waals surface area contributed by atoms with Gasteiger partial charge in [-0.1, -0.05) is 11.6 Å². The molecule has 0 saturated heterocycles. The molecule has 6 heteroatoms. The van der Waals surface area contributed by atoms with Crippen LogP contribution in [0.3, 0.4) is 0 Å². The van der Waals surface area contributed by atoms with Gasteiger partial charge in [-0.05, 0) is 22.9 Å². The Kier molecular flexibility index (Phi) is 3.22. The second-order valence-corrected chi connectivity index (χ2v) is 3.38. The van der Waals surface area contributed by atoms with Gasteiger partial charge in [0.15, 0.2) is 0 Å². The van der Waals surface area contributed by atoms with Crippen LogP contribution in [-0.2, 0) is 4.74 Å². The first-order valence-corrected chi connectivity index (χ1v) is 4.51. The summed E-state index contributed by atoms with van der Waals surface area (Å²) in [5, 5.41) is 0.202. The van der Waals surface area contributed by atoms with Crippen LogP contribution in [0.5, 0.6) is 0 Å². The lowest BCUT2D eigenvalue weighted by Gasteiger charge is -2.02. The third-order valence-electron chi connectivity index (χ3n) is 1.34. The van der Waals surface area contributed by atoms with Crippen molar-refractivity contribution in [3.63, 3.8) is 0 Å². The molecule has 0 aliphatic carbocycles. The average Bonchev–Trinajstić information content (AvgIpc) is 2.12. The van der Waals surface area contributed by atoms with E-state index in [1.165, 1.54) is 7.11 Å². The molecular formula is C7H6BrClN2O2. The normalized spacial score (nSPS) is 9.85. The fraction of sp³-hybridized carbons (Fsp3) is 0.286. The number of halogens is 2. The number of esters is 1. The third kappa shape index (κ3) is 2.16. The Morgan fingerprint density at radius 3 is 2.62 bits per heavy atom. The van der Waals surface area contributed by atoms with E-state index >= 15 is 0 Å². The van der Waals surface area contributed by atoms with Gasteiger partial charge in [-0.3, -0.25) is 0 Å². The number of ether oxygens (including phenoxy) is 1. The van der Waals surface area contributed by atoms with Gasteiger partial charge in [-0.25, -0.2) is 14.8 Å². The van der Waals surface area contributed by atoms with Gasteiger partial charge < -0.3 is 4.74 Å². The molecule has 1 aromatic heterocycles. The van der Waals surface area contributed by atoms with E-state index in [0.29, 0.717) is 10.2 Å². The summed E-state index contributed by atoms with van der Waals surface area (Å²) in [6.45, 7) is 1.71. The van der Waals surface area contributed by atoms with Crippen molar-refractivity contribution in [2.24, 2.45) is 0 Å². The first-order chi connectivity index (χ1) is 6.06. The minimum absolute atomic E-state index is 0.0341. The second kappa shape index (κ2) is 4.02. The van der Waals surface area contributed by atoms with E-state index in [2.05, 4.69) is 30.6 Å². The Morgan fingerprint density at radius 1 is 1.54 bits per heavy atom. The molecule has 0 atom stereocenters. The highest BCUT2D eigenvalue weighted by molar-refractivity contribution is 9.10. The van der Waals surface area contributed by atoms with Crippen molar-refractivity contribution in [1.29, 1.82) is 0 Å². The number of nitrogens with zero attached hydrogens (tertiary/aromatic N) is 2. The fourth-order valence-corrected chi connectivity index (χ4v) is 1.10. The lowest BCUT2D eigenvalue weighted by atomic mass is 10.4. The molecule has 0 radical (unpaired) electrons. The summed E-state index contributed by atoms with van der Waals surface area (Å²) in [7, 11) is 1.26. The summed E-state index contributed by atoms with van der Waals surface area (Å²) in [5.74, 6) is -0.634. The van der Waals surface area contributed by atoms with E-state index < -0.39 is 5.97 Å². The predicted octanol–water partition coefficient (Wildman–Crippen LogP) is 1.99. The molecule has 0 saturated carbocycles. The van der Waals surface area contributed by atoms with Crippen LogP contribution in [0.15, 0.2) is 4.47 Å². The van der Waals surface area contributed by atoms with Crippen LogP contribution in [0.25, 0.3) is 0 Å².